The molecular formula is C20H23N7O. The van der Waals surface area contributed by atoms with Crippen LogP contribution in [0.15, 0.2) is 36.7 Å². The van der Waals surface area contributed by atoms with E-state index in [9.17, 15) is 4.79 Å². The van der Waals surface area contributed by atoms with Crippen molar-refractivity contribution in [3.8, 4) is 0 Å². The summed E-state index contributed by atoms with van der Waals surface area (Å²) in [6, 6.07) is 7.43. The summed E-state index contributed by atoms with van der Waals surface area (Å²) >= 11 is 0. The molecule has 0 N–H and O–H groups in total. The highest BCUT2D eigenvalue weighted by atomic mass is 16.2. The molecule has 0 bridgehead atoms. The van der Waals surface area contributed by atoms with Crippen LogP contribution in [0, 0.1) is 6.92 Å². The second-order valence-electron chi connectivity index (χ2n) is 7.10. The normalized spacial score (nSPS) is 14.4. The Morgan fingerprint density at radius 3 is 2.39 bits per heavy atom. The summed E-state index contributed by atoms with van der Waals surface area (Å²) in [6.45, 7) is 4.64. The van der Waals surface area contributed by atoms with Crippen molar-refractivity contribution in [3.05, 3.63) is 47.9 Å². The summed E-state index contributed by atoms with van der Waals surface area (Å²) in [4.78, 5) is 36.6. The Bertz CT molecular complexity index is 1010. The van der Waals surface area contributed by atoms with Gasteiger partial charge in [-0.15, -0.1) is 0 Å². The molecule has 1 amide bonds. The van der Waals surface area contributed by atoms with Crippen LogP contribution in [0.3, 0.4) is 0 Å². The molecule has 3 heterocycles. The number of aromatic nitrogens is 4. The van der Waals surface area contributed by atoms with Crippen molar-refractivity contribution in [2.24, 2.45) is 0 Å². The molecule has 0 unspecified atom stereocenters. The summed E-state index contributed by atoms with van der Waals surface area (Å²) in [7, 11) is 3.94. The Balaban J connectivity index is 1.47. The predicted molar refractivity (Wildman–Crippen MR) is 109 cm³/mol. The smallest absolute Gasteiger partial charge is 0.254 e. The zero-order valence-electron chi connectivity index (χ0n) is 16.3. The molecule has 0 radical (unpaired) electrons. The van der Waals surface area contributed by atoms with Crippen molar-refractivity contribution in [2.45, 2.75) is 6.92 Å². The first-order chi connectivity index (χ1) is 13.5. The SMILES string of the molecule is Cc1cc(N(C)C)nc(N2CCN(C(=O)c3ccc4nccnc4c3)CC2)n1. The summed E-state index contributed by atoms with van der Waals surface area (Å²) in [5.41, 5.74) is 3.10. The van der Waals surface area contributed by atoms with E-state index < -0.39 is 0 Å². The number of hydrogen-bond acceptors (Lipinski definition) is 7. The van der Waals surface area contributed by atoms with Crippen molar-refractivity contribution >= 4 is 28.7 Å². The highest BCUT2D eigenvalue weighted by molar-refractivity contribution is 5.97. The minimum atomic E-state index is 0.0198. The first-order valence-corrected chi connectivity index (χ1v) is 9.29. The molecule has 1 saturated heterocycles. The van der Waals surface area contributed by atoms with Crippen molar-refractivity contribution < 1.29 is 4.79 Å². The number of hydrogen-bond donors (Lipinski definition) is 0. The van der Waals surface area contributed by atoms with Gasteiger partial charge in [-0.2, -0.15) is 4.98 Å². The average molecular weight is 377 g/mol. The summed E-state index contributed by atoms with van der Waals surface area (Å²) in [6.07, 6.45) is 3.29. The number of carbonyl (C=O) groups excluding carboxylic acids is 1. The Morgan fingerprint density at radius 2 is 1.68 bits per heavy atom. The third-order valence-corrected chi connectivity index (χ3v) is 4.85. The maximum atomic E-state index is 12.9. The van der Waals surface area contributed by atoms with E-state index in [0.717, 1.165) is 28.5 Å². The Kier molecular flexibility index (Phi) is 4.77. The largest absolute Gasteiger partial charge is 0.363 e. The number of amides is 1. The molecule has 0 atom stereocenters. The molecule has 0 spiro atoms. The van der Waals surface area contributed by atoms with Gasteiger partial charge in [-0.25, -0.2) is 4.98 Å². The third-order valence-electron chi connectivity index (χ3n) is 4.85. The van der Waals surface area contributed by atoms with Crippen LogP contribution >= 0.6 is 0 Å². The van der Waals surface area contributed by atoms with Crippen molar-refractivity contribution in [1.29, 1.82) is 0 Å². The van der Waals surface area contributed by atoms with Gasteiger partial charge in [0.05, 0.1) is 11.0 Å². The minimum absolute atomic E-state index is 0.0198. The van der Waals surface area contributed by atoms with Crippen molar-refractivity contribution in [3.63, 3.8) is 0 Å². The second-order valence-corrected chi connectivity index (χ2v) is 7.10. The minimum Gasteiger partial charge on any atom is -0.363 e. The number of benzene rings is 1. The quantitative estimate of drug-likeness (QED) is 0.688. The van der Waals surface area contributed by atoms with Crippen LogP contribution in [-0.4, -0.2) is 71.0 Å². The number of aryl methyl sites for hydroxylation is 1. The maximum absolute atomic E-state index is 12.9. The molecule has 1 aliphatic heterocycles. The number of rotatable bonds is 3. The molecule has 1 aromatic carbocycles. The zero-order chi connectivity index (χ0) is 19.7. The molecule has 8 nitrogen and oxygen atoms in total. The van der Waals surface area contributed by atoms with E-state index in [-0.39, 0.29) is 5.91 Å². The number of fused-ring (bicyclic) bond motifs is 1. The van der Waals surface area contributed by atoms with Gasteiger partial charge < -0.3 is 14.7 Å². The maximum Gasteiger partial charge on any atom is 0.254 e. The van der Waals surface area contributed by atoms with Gasteiger partial charge in [0.2, 0.25) is 5.95 Å². The van der Waals surface area contributed by atoms with E-state index in [2.05, 4.69) is 24.8 Å². The zero-order valence-corrected chi connectivity index (χ0v) is 16.3. The van der Waals surface area contributed by atoms with Gasteiger partial charge >= 0.3 is 0 Å². The molecule has 4 rings (SSSR count). The van der Waals surface area contributed by atoms with Crippen LogP contribution in [0.1, 0.15) is 16.1 Å². The highest BCUT2D eigenvalue weighted by Crippen LogP contribution is 2.19. The molecule has 0 aliphatic carbocycles. The van der Waals surface area contributed by atoms with Crippen LogP contribution in [-0.2, 0) is 0 Å². The number of piperazine rings is 1. The van der Waals surface area contributed by atoms with Crippen LogP contribution in [0.25, 0.3) is 11.0 Å². The molecule has 1 fully saturated rings. The van der Waals surface area contributed by atoms with E-state index in [1.165, 1.54) is 0 Å². The number of nitrogens with zero attached hydrogens (tertiary/aromatic N) is 7. The monoisotopic (exact) mass is 377 g/mol. The summed E-state index contributed by atoms with van der Waals surface area (Å²) in [5, 5.41) is 0. The van der Waals surface area contributed by atoms with Gasteiger partial charge in [0.15, 0.2) is 0 Å². The van der Waals surface area contributed by atoms with Crippen molar-refractivity contribution in [2.75, 3.05) is 50.1 Å². The molecule has 1 aliphatic rings. The molecular weight excluding hydrogens is 354 g/mol. The van der Waals surface area contributed by atoms with E-state index in [1.54, 1.807) is 12.4 Å². The third kappa shape index (κ3) is 3.58. The van der Waals surface area contributed by atoms with Crippen LogP contribution in [0.4, 0.5) is 11.8 Å². The van der Waals surface area contributed by atoms with Gasteiger partial charge in [-0.3, -0.25) is 14.8 Å². The number of anilines is 2. The van der Waals surface area contributed by atoms with Crippen molar-refractivity contribution in [1.82, 2.24) is 24.8 Å². The lowest BCUT2D eigenvalue weighted by Crippen LogP contribution is -2.49. The van der Waals surface area contributed by atoms with E-state index in [0.29, 0.717) is 31.7 Å². The lowest BCUT2D eigenvalue weighted by Gasteiger charge is -2.35. The molecule has 0 saturated carbocycles. The highest BCUT2D eigenvalue weighted by Gasteiger charge is 2.24. The van der Waals surface area contributed by atoms with Crippen LogP contribution < -0.4 is 9.80 Å². The first kappa shape index (κ1) is 18.1. The Labute approximate surface area is 163 Å². The molecule has 8 heteroatoms. The average Bonchev–Trinajstić information content (AvgIpc) is 2.72. The Morgan fingerprint density at radius 1 is 0.964 bits per heavy atom. The van der Waals surface area contributed by atoms with Gasteiger partial charge in [-0.05, 0) is 25.1 Å². The summed E-state index contributed by atoms with van der Waals surface area (Å²) < 4.78 is 0. The lowest BCUT2D eigenvalue weighted by atomic mass is 10.1. The topological polar surface area (TPSA) is 78.4 Å². The fourth-order valence-electron chi connectivity index (χ4n) is 3.30. The predicted octanol–water partition coefficient (Wildman–Crippen LogP) is 1.76. The molecule has 2 aromatic heterocycles. The van der Waals surface area contributed by atoms with Gasteiger partial charge in [0.25, 0.3) is 5.91 Å². The number of carbonyl (C=O) groups is 1. The molecule has 3 aromatic rings. The lowest BCUT2D eigenvalue weighted by molar-refractivity contribution is 0.0746. The molecule has 28 heavy (non-hydrogen) atoms. The van der Waals surface area contributed by atoms with Crippen LogP contribution in [0.5, 0.6) is 0 Å². The van der Waals surface area contributed by atoms with E-state index in [4.69, 9.17) is 0 Å². The Hall–Kier alpha value is -3.29. The fourth-order valence-corrected chi connectivity index (χ4v) is 3.30. The van der Waals surface area contributed by atoms with E-state index >= 15 is 0 Å². The first-order valence-electron chi connectivity index (χ1n) is 9.29. The second kappa shape index (κ2) is 7.38. The van der Waals surface area contributed by atoms with Gasteiger partial charge in [0, 0.05) is 70.0 Å². The summed E-state index contributed by atoms with van der Waals surface area (Å²) in [5.74, 6) is 1.63. The van der Waals surface area contributed by atoms with Gasteiger partial charge in [-0.1, -0.05) is 0 Å². The van der Waals surface area contributed by atoms with Gasteiger partial charge in [0.1, 0.15) is 5.82 Å². The van der Waals surface area contributed by atoms with Crippen LogP contribution in [0.2, 0.25) is 0 Å². The standard InChI is InChI=1S/C20H23N7O/c1-14-12-18(25(2)3)24-20(23-14)27-10-8-26(9-11-27)19(28)15-4-5-16-17(13-15)22-7-6-21-16/h4-7,12-13H,8-11H2,1-3H3. The van der Waals surface area contributed by atoms with E-state index in [1.807, 2.05) is 55.1 Å². The fraction of sp³-hybridized carbons (Fsp3) is 0.350. The molecule has 144 valence electrons.